The standard InChI is InChI=1S/C15H22ClFN2O/c1-10(2)7-14(19-5-3-18-4-6-19)12-8-11(16)9-13(17)15(12)20/h8-10,14,18,20H,3-7H2,1-2H3/t14-/m1/s1. The number of phenols is 1. The van der Waals surface area contributed by atoms with Crippen LogP contribution in [-0.2, 0) is 0 Å². The third-order valence-corrected chi connectivity index (χ3v) is 3.92. The number of benzene rings is 1. The van der Waals surface area contributed by atoms with E-state index in [1.54, 1.807) is 6.07 Å². The Hall–Kier alpha value is -0.840. The van der Waals surface area contributed by atoms with Gasteiger partial charge >= 0.3 is 0 Å². The topological polar surface area (TPSA) is 35.5 Å². The molecule has 1 aromatic rings. The van der Waals surface area contributed by atoms with Gasteiger partial charge < -0.3 is 10.4 Å². The smallest absolute Gasteiger partial charge is 0.166 e. The minimum Gasteiger partial charge on any atom is -0.505 e. The van der Waals surface area contributed by atoms with E-state index in [0.717, 1.165) is 38.7 Å². The molecular weight excluding hydrogens is 279 g/mol. The van der Waals surface area contributed by atoms with Gasteiger partial charge in [-0.05, 0) is 24.5 Å². The zero-order valence-electron chi connectivity index (χ0n) is 12.0. The van der Waals surface area contributed by atoms with Crippen molar-refractivity contribution >= 4 is 11.6 Å². The van der Waals surface area contributed by atoms with Gasteiger partial charge in [-0.15, -0.1) is 0 Å². The van der Waals surface area contributed by atoms with Crippen molar-refractivity contribution in [2.75, 3.05) is 26.2 Å². The molecule has 0 unspecified atom stereocenters. The van der Waals surface area contributed by atoms with Gasteiger partial charge in [0.2, 0.25) is 0 Å². The van der Waals surface area contributed by atoms with E-state index in [9.17, 15) is 9.50 Å². The minimum absolute atomic E-state index is 0.00491. The first-order valence-electron chi connectivity index (χ1n) is 7.11. The van der Waals surface area contributed by atoms with Crippen molar-refractivity contribution in [1.82, 2.24) is 10.2 Å². The van der Waals surface area contributed by atoms with E-state index in [2.05, 4.69) is 24.1 Å². The summed E-state index contributed by atoms with van der Waals surface area (Å²) >= 11 is 5.96. The molecule has 20 heavy (non-hydrogen) atoms. The van der Waals surface area contributed by atoms with Gasteiger partial charge in [0.15, 0.2) is 11.6 Å². The maximum Gasteiger partial charge on any atom is 0.166 e. The SMILES string of the molecule is CC(C)C[C@H](c1cc(Cl)cc(F)c1O)N1CCNCC1. The second-order valence-electron chi connectivity index (χ2n) is 5.76. The van der Waals surface area contributed by atoms with Crippen LogP contribution in [0.3, 0.4) is 0 Å². The lowest BCUT2D eigenvalue weighted by Crippen LogP contribution is -2.45. The van der Waals surface area contributed by atoms with Crippen LogP contribution in [0.25, 0.3) is 0 Å². The average molecular weight is 301 g/mol. The van der Waals surface area contributed by atoms with Gasteiger partial charge in [0, 0.05) is 42.8 Å². The molecule has 3 nitrogen and oxygen atoms in total. The summed E-state index contributed by atoms with van der Waals surface area (Å²) in [5.41, 5.74) is 0.602. The molecule has 0 aromatic heterocycles. The van der Waals surface area contributed by atoms with Gasteiger partial charge in [-0.2, -0.15) is 0 Å². The molecule has 0 bridgehead atoms. The van der Waals surface area contributed by atoms with E-state index in [1.165, 1.54) is 0 Å². The molecule has 1 saturated heterocycles. The first-order chi connectivity index (χ1) is 9.49. The second kappa shape index (κ2) is 6.74. The van der Waals surface area contributed by atoms with Crippen LogP contribution in [0.4, 0.5) is 4.39 Å². The van der Waals surface area contributed by atoms with E-state index < -0.39 is 5.82 Å². The Morgan fingerprint density at radius 2 is 2.00 bits per heavy atom. The maximum absolute atomic E-state index is 13.7. The van der Waals surface area contributed by atoms with Crippen LogP contribution in [0.15, 0.2) is 12.1 Å². The lowest BCUT2D eigenvalue weighted by Gasteiger charge is -2.36. The number of rotatable bonds is 4. The molecule has 0 aliphatic carbocycles. The van der Waals surface area contributed by atoms with Crippen LogP contribution in [0.2, 0.25) is 5.02 Å². The average Bonchev–Trinajstić information content (AvgIpc) is 2.41. The van der Waals surface area contributed by atoms with Crippen LogP contribution >= 0.6 is 11.6 Å². The molecule has 1 aliphatic heterocycles. The second-order valence-corrected chi connectivity index (χ2v) is 6.19. The van der Waals surface area contributed by atoms with Gasteiger partial charge in [-0.25, -0.2) is 4.39 Å². The molecule has 0 saturated carbocycles. The Balaban J connectivity index is 2.34. The minimum atomic E-state index is -0.642. The normalized spacial score (nSPS) is 18.4. The molecular formula is C15H22ClFN2O. The molecule has 5 heteroatoms. The van der Waals surface area contributed by atoms with Crippen molar-refractivity contribution < 1.29 is 9.50 Å². The zero-order chi connectivity index (χ0) is 14.7. The molecule has 1 aromatic carbocycles. The van der Waals surface area contributed by atoms with E-state index >= 15 is 0 Å². The largest absolute Gasteiger partial charge is 0.505 e. The number of piperazine rings is 1. The fourth-order valence-electron chi connectivity index (χ4n) is 2.75. The Morgan fingerprint density at radius 1 is 1.35 bits per heavy atom. The molecule has 1 fully saturated rings. The van der Waals surface area contributed by atoms with Crippen molar-refractivity contribution in [3.05, 3.63) is 28.5 Å². The number of nitrogens with one attached hydrogen (secondary N) is 1. The van der Waals surface area contributed by atoms with E-state index in [0.29, 0.717) is 16.5 Å². The molecule has 112 valence electrons. The third-order valence-electron chi connectivity index (χ3n) is 3.70. The number of halogens is 2. The first kappa shape index (κ1) is 15.5. The van der Waals surface area contributed by atoms with Crippen LogP contribution in [0.5, 0.6) is 5.75 Å². The summed E-state index contributed by atoms with van der Waals surface area (Å²) in [5, 5.41) is 13.7. The van der Waals surface area contributed by atoms with Gasteiger partial charge in [0.1, 0.15) is 0 Å². The number of phenolic OH excluding ortho intramolecular Hbond substituents is 1. The lowest BCUT2D eigenvalue weighted by molar-refractivity contribution is 0.151. The van der Waals surface area contributed by atoms with Crippen LogP contribution in [0.1, 0.15) is 31.9 Å². The highest BCUT2D eigenvalue weighted by Gasteiger charge is 2.26. The summed E-state index contributed by atoms with van der Waals surface area (Å²) in [5.74, 6) is -0.452. The first-order valence-corrected chi connectivity index (χ1v) is 7.49. The summed E-state index contributed by atoms with van der Waals surface area (Å²) in [6.45, 7) is 7.88. The summed E-state index contributed by atoms with van der Waals surface area (Å²) < 4.78 is 13.7. The van der Waals surface area contributed by atoms with Crippen LogP contribution in [-0.4, -0.2) is 36.2 Å². The number of hydrogen-bond acceptors (Lipinski definition) is 3. The lowest BCUT2D eigenvalue weighted by atomic mass is 9.94. The molecule has 1 heterocycles. The molecule has 0 radical (unpaired) electrons. The van der Waals surface area contributed by atoms with Crippen molar-refractivity contribution in [1.29, 1.82) is 0 Å². The molecule has 2 N–H and O–H groups in total. The van der Waals surface area contributed by atoms with Gasteiger partial charge in [0.05, 0.1) is 0 Å². The predicted molar refractivity (Wildman–Crippen MR) is 79.7 cm³/mol. The van der Waals surface area contributed by atoms with Gasteiger partial charge in [-0.1, -0.05) is 25.4 Å². The van der Waals surface area contributed by atoms with Crippen molar-refractivity contribution in [3.8, 4) is 5.75 Å². The third kappa shape index (κ3) is 3.62. The van der Waals surface area contributed by atoms with Crippen molar-refractivity contribution in [2.24, 2.45) is 5.92 Å². The van der Waals surface area contributed by atoms with Crippen molar-refractivity contribution in [2.45, 2.75) is 26.3 Å². The van der Waals surface area contributed by atoms with Crippen molar-refractivity contribution in [3.63, 3.8) is 0 Å². The van der Waals surface area contributed by atoms with E-state index in [1.807, 2.05) is 0 Å². The van der Waals surface area contributed by atoms with E-state index in [-0.39, 0.29) is 11.8 Å². The Labute approximate surface area is 124 Å². The summed E-state index contributed by atoms with van der Waals surface area (Å²) in [6, 6.07) is 2.85. The number of aromatic hydroxyl groups is 1. The van der Waals surface area contributed by atoms with E-state index in [4.69, 9.17) is 11.6 Å². The highest BCUT2D eigenvalue weighted by Crippen LogP contribution is 2.37. The molecule has 1 aliphatic rings. The molecule has 0 amide bonds. The summed E-state index contributed by atoms with van der Waals surface area (Å²) in [4.78, 5) is 2.29. The quantitative estimate of drug-likeness (QED) is 0.896. The Morgan fingerprint density at radius 3 is 2.60 bits per heavy atom. The summed E-state index contributed by atoms with van der Waals surface area (Å²) in [6.07, 6.45) is 0.868. The maximum atomic E-state index is 13.7. The van der Waals surface area contributed by atoms with Crippen LogP contribution in [0, 0.1) is 11.7 Å². The van der Waals surface area contributed by atoms with Gasteiger partial charge in [0.25, 0.3) is 0 Å². The zero-order valence-corrected chi connectivity index (χ0v) is 12.8. The Kier molecular flexibility index (Phi) is 5.24. The number of hydrogen-bond donors (Lipinski definition) is 2. The number of nitrogens with zero attached hydrogens (tertiary/aromatic N) is 1. The fourth-order valence-corrected chi connectivity index (χ4v) is 2.97. The Bertz CT molecular complexity index is 461. The highest BCUT2D eigenvalue weighted by molar-refractivity contribution is 6.30. The summed E-state index contributed by atoms with van der Waals surface area (Å²) in [7, 11) is 0. The highest BCUT2D eigenvalue weighted by atomic mass is 35.5. The molecule has 0 spiro atoms. The fraction of sp³-hybridized carbons (Fsp3) is 0.600. The monoisotopic (exact) mass is 300 g/mol. The van der Waals surface area contributed by atoms with Crippen LogP contribution < -0.4 is 5.32 Å². The molecule has 2 rings (SSSR count). The van der Waals surface area contributed by atoms with Gasteiger partial charge in [-0.3, -0.25) is 4.90 Å². The molecule has 1 atom stereocenters. The predicted octanol–water partition coefficient (Wildman–Crippen LogP) is 3.18.